The summed E-state index contributed by atoms with van der Waals surface area (Å²) in [7, 11) is 0. The smallest absolute Gasteiger partial charge is 0.118 e. The van der Waals surface area contributed by atoms with Gasteiger partial charge in [0.2, 0.25) is 0 Å². The monoisotopic (exact) mass is 230 g/mol. The molecule has 0 aliphatic heterocycles. The van der Waals surface area contributed by atoms with E-state index in [4.69, 9.17) is 0 Å². The summed E-state index contributed by atoms with van der Waals surface area (Å²) in [5.74, 6) is 0. The Bertz CT molecular complexity index is 273. The molecule has 0 fully saturated rings. The van der Waals surface area contributed by atoms with Crippen LogP contribution in [0.4, 0.5) is 8.78 Å². The van der Waals surface area contributed by atoms with Gasteiger partial charge >= 0.3 is 0 Å². The van der Waals surface area contributed by atoms with E-state index in [9.17, 15) is 8.78 Å². The second-order valence-corrected chi connectivity index (χ2v) is 5.55. The molecule has 0 aromatic carbocycles. The van der Waals surface area contributed by atoms with Gasteiger partial charge in [-0.15, -0.1) is 11.8 Å². The summed E-state index contributed by atoms with van der Waals surface area (Å²) >= 11 is 1.71. The van der Waals surface area contributed by atoms with Gasteiger partial charge in [-0.25, -0.2) is 8.78 Å². The predicted octanol–water partition coefficient (Wildman–Crippen LogP) is 4.18. The Morgan fingerprint density at radius 3 is 2.67 bits per heavy atom. The van der Waals surface area contributed by atoms with Crippen LogP contribution < -0.4 is 0 Å². The number of allylic oxidation sites excluding steroid dienone is 3. The maximum Gasteiger partial charge on any atom is 0.118 e. The van der Waals surface area contributed by atoms with Crippen molar-refractivity contribution in [2.45, 2.75) is 49.7 Å². The van der Waals surface area contributed by atoms with Gasteiger partial charge in [0.15, 0.2) is 0 Å². The highest BCUT2D eigenvalue weighted by Crippen LogP contribution is 2.35. The van der Waals surface area contributed by atoms with E-state index in [-0.39, 0.29) is 0 Å². The Morgan fingerprint density at radius 1 is 1.13 bits per heavy atom. The van der Waals surface area contributed by atoms with Gasteiger partial charge in [-0.05, 0) is 30.6 Å². The fraction of sp³-hybridized carbons (Fsp3) is 0.667. The molecule has 0 N–H and O–H groups in total. The average molecular weight is 230 g/mol. The molecule has 0 saturated carbocycles. The van der Waals surface area contributed by atoms with Crippen LogP contribution in [0.5, 0.6) is 0 Å². The highest BCUT2D eigenvalue weighted by Gasteiger charge is 2.20. The van der Waals surface area contributed by atoms with Gasteiger partial charge < -0.3 is 0 Å². The molecule has 0 heterocycles. The summed E-state index contributed by atoms with van der Waals surface area (Å²) < 4.78 is 25.9. The fourth-order valence-corrected chi connectivity index (χ4v) is 3.28. The molecule has 0 spiro atoms. The van der Waals surface area contributed by atoms with Gasteiger partial charge in [-0.2, -0.15) is 0 Å². The summed E-state index contributed by atoms with van der Waals surface area (Å²) in [4.78, 5) is 1.15. The molecule has 0 amide bonds. The zero-order chi connectivity index (χ0) is 10.7. The molecular weight excluding hydrogens is 214 g/mol. The quantitative estimate of drug-likeness (QED) is 0.641. The Balaban J connectivity index is 1.86. The van der Waals surface area contributed by atoms with E-state index in [2.05, 4.69) is 6.08 Å². The fourth-order valence-electron chi connectivity index (χ4n) is 1.98. The van der Waals surface area contributed by atoms with Crippen molar-refractivity contribution in [3.63, 3.8) is 0 Å². The van der Waals surface area contributed by atoms with E-state index < -0.39 is 12.3 Å². The molecule has 2 aliphatic rings. The van der Waals surface area contributed by atoms with Crippen molar-refractivity contribution < 1.29 is 8.78 Å². The first kappa shape index (κ1) is 11.2. The second-order valence-electron chi connectivity index (χ2n) is 4.18. The summed E-state index contributed by atoms with van der Waals surface area (Å²) in [6.45, 7) is 0. The van der Waals surface area contributed by atoms with Crippen LogP contribution in [-0.2, 0) is 0 Å². The molecule has 84 valence electrons. The SMILES string of the molecule is FC1C=CC(SC2=CCCC(F)C2)CC1. The van der Waals surface area contributed by atoms with E-state index in [0.29, 0.717) is 24.5 Å². The van der Waals surface area contributed by atoms with Crippen molar-refractivity contribution in [2.24, 2.45) is 0 Å². The largest absolute Gasteiger partial charge is 0.247 e. The first-order valence-corrected chi connectivity index (χ1v) is 6.44. The molecule has 0 nitrogen and oxygen atoms in total. The topological polar surface area (TPSA) is 0 Å². The van der Waals surface area contributed by atoms with Crippen LogP contribution in [0.3, 0.4) is 0 Å². The van der Waals surface area contributed by atoms with Gasteiger partial charge in [-0.1, -0.05) is 18.2 Å². The summed E-state index contributed by atoms with van der Waals surface area (Å²) in [6.07, 6.45) is 7.83. The molecule has 15 heavy (non-hydrogen) atoms. The highest BCUT2D eigenvalue weighted by molar-refractivity contribution is 8.03. The van der Waals surface area contributed by atoms with E-state index in [1.54, 1.807) is 17.8 Å². The number of halogens is 2. The van der Waals surface area contributed by atoms with Gasteiger partial charge in [0.25, 0.3) is 0 Å². The number of thioether (sulfide) groups is 1. The molecule has 0 aromatic heterocycles. The van der Waals surface area contributed by atoms with Crippen LogP contribution >= 0.6 is 11.8 Å². The zero-order valence-corrected chi connectivity index (χ0v) is 9.48. The molecule has 3 heteroatoms. The van der Waals surface area contributed by atoms with Gasteiger partial charge in [0, 0.05) is 11.7 Å². The van der Waals surface area contributed by atoms with E-state index >= 15 is 0 Å². The van der Waals surface area contributed by atoms with Crippen molar-refractivity contribution in [1.82, 2.24) is 0 Å². The maximum absolute atomic E-state index is 13.1. The molecule has 0 radical (unpaired) electrons. The van der Waals surface area contributed by atoms with Crippen LogP contribution in [-0.4, -0.2) is 17.6 Å². The van der Waals surface area contributed by atoms with Gasteiger partial charge in [0.1, 0.15) is 12.3 Å². The average Bonchev–Trinajstić information content (AvgIpc) is 2.22. The lowest BCUT2D eigenvalue weighted by Crippen LogP contribution is -2.12. The third-order valence-electron chi connectivity index (χ3n) is 2.84. The minimum absolute atomic E-state index is 0.355. The molecular formula is C12H16F2S. The Labute approximate surface area is 93.8 Å². The van der Waals surface area contributed by atoms with E-state index in [0.717, 1.165) is 17.7 Å². The second kappa shape index (κ2) is 5.15. The molecule has 0 bridgehead atoms. The van der Waals surface area contributed by atoms with Crippen molar-refractivity contribution >= 4 is 11.8 Å². The predicted molar refractivity (Wildman–Crippen MR) is 61.5 cm³/mol. The number of hydrogen-bond acceptors (Lipinski definition) is 1. The van der Waals surface area contributed by atoms with Crippen LogP contribution in [0.15, 0.2) is 23.1 Å². The Morgan fingerprint density at radius 2 is 2.00 bits per heavy atom. The Kier molecular flexibility index (Phi) is 3.84. The first-order chi connectivity index (χ1) is 7.24. The van der Waals surface area contributed by atoms with Crippen molar-refractivity contribution in [3.05, 3.63) is 23.1 Å². The lowest BCUT2D eigenvalue weighted by molar-refractivity contribution is 0.309. The van der Waals surface area contributed by atoms with Crippen molar-refractivity contribution in [1.29, 1.82) is 0 Å². The normalized spacial score (nSPS) is 36.4. The van der Waals surface area contributed by atoms with Gasteiger partial charge in [-0.3, -0.25) is 0 Å². The zero-order valence-electron chi connectivity index (χ0n) is 8.66. The molecule has 0 aromatic rings. The summed E-state index contributed by atoms with van der Waals surface area (Å²) in [6, 6.07) is 0. The first-order valence-electron chi connectivity index (χ1n) is 5.56. The number of rotatable bonds is 2. The highest BCUT2D eigenvalue weighted by atomic mass is 32.2. The third-order valence-corrected chi connectivity index (χ3v) is 4.17. The molecule has 0 saturated heterocycles. The lowest BCUT2D eigenvalue weighted by Gasteiger charge is -2.22. The van der Waals surface area contributed by atoms with Gasteiger partial charge in [0.05, 0.1) is 0 Å². The molecule has 2 rings (SSSR count). The lowest BCUT2D eigenvalue weighted by atomic mass is 10.1. The molecule has 3 atom stereocenters. The van der Waals surface area contributed by atoms with E-state index in [1.807, 2.05) is 6.08 Å². The van der Waals surface area contributed by atoms with Crippen LogP contribution in [0.2, 0.25) is 0 Å². The van der Waals surface area contributed by atoms with Crippen LogP contribution in [0.1, 0.15) is 32.1 Å². The summed E-state index contributed by atoms with van der Waals surface area (Å²) in [5, 5.41) is 0.355. The number of hydrogen-bond donors (Lipinski definition) is 0. The van der Waals surface area contributed by atoms with E-state index in [1.165, 1.54) is 0 Å². The minimum Gasteiger partial charge on any atom is -0.247 e. The van der Waals surface area contributed by atoms with Crippen molar-refractivity contribution in [2.75, 3.05) is 0 Å². The van der Waals surface area contributed by atoms with Crippen molar-refractivity contribution in [3.8, 4) is 0 Å². The standard InChI is InChI=1S/C12H16F2S/c13-9-4-6-11(7-5-9)15-12-3-1-2-10(14)8-12/h3-4,6,9-11H,1-2,5,7-8H2. The molecule has 3 unspecified atom stereocenters. The Hall–Kier alpha value is -0.310. The van der Waals surface area contributed by atoms with Crippen LogP contribution in [0.25, 0.3) is 0 Å². The molecule has 2 aliphatic carbocycles. The van der Waals surface area contributed by atoms with Crippen LogP contribution in [0, 0.1) is 0 Å². The third kappa shape index (κ3) is 3.33. The number of alkyl halides is 2. The minimum atomic E-state index is -0.767. The maximum atomic E-state index is 13.1. The summed E-state index contributed by atoms with van der Waals surface area (Å²) in [5.41, 5.74) is 0.